The topological polar surface area (TPSA) is 106 Å². The Morgan fingerprint density at radius 1 is 0.772 bits per heavy atom. The molecule has 4 saturated heterocycles. The Balaban J connectivity index is 0.705. The van der Waals surface area contributed by atoms with Crippen LogP contribution in [0.5, 0.6) is 11.5 Å². The molecule has 2 N–H and O–H groups in total. The van der Waals surface area contributed by atoms with E-state index in [1.165, 1.54) is 62.1 Å². The van der Waals surface area contributed by atoms with Crippen LogP contribution in [0.4, 0.5) is 11.4 Å². The van der Waals surface area contributed by atoms with Gasteiger partial charge in [-0.15, -0.1) is 0 Å². The second-order valence-corrected chi connectivity index (χ2v) is 17.4. The summed E-state index contributed by atoms with van der Waals surface area (Å²) in [5.74, 6) is 1.33. The number of rotatable bonds is 7. The molecule has 294 valence electrons. The van der Waals surface area contributed by atoms with Crippen molar-refractivity contribution in [3.05, 3.63) is 119 Å². The van der Waals surface area contributed by atoms with Gasteiger partial charge in [0.2, 0.25) is 11.8 Å². The monoisotopic (exact) mass is 765 g/mol. The summed E-state index contributed by atoms with van der Waals surface area (Å²) in [5, 5.41) is 12.5. The number of nitrogens with zero attached hydrogens (tertiary/aromatic N) is 4. The predicted octanol–water partition coefficient (Wildman–Crippen LogP) is 6.28. The molecule has 10 heteroatoms. The van der Waals surface area contributed by atoms with E-state index in [0.717, 1.165) is 54.7 Å². The van der Waals surface area contributed by atoms with Crippen molar-refractivity contribution in [2.45, 2.75) is 62.9 Å². The van der Waals surface area contributed by atoms with Gasteiger partial charge in [0, 0.05) is 99.2 Å². The van der Waals surface area contributed by atoms with Crippen LogP contribution in [0.15, 0.2) is 91.0 Å². The number of nitrogens with one attached hydrogen (secondary N) is 1. The van der Waals surface area contributed by atoms with E-state index in [2.05, 4.69) is 86.7 Å². The number of piperidine rings is 3. The molecular formula is C47H51N5O5. The fourth-order valence-electron chi connectivity index (χ4n) is 10.8. The van der Waals surface area contributed by atoms with Crippen LogP contribution in [-0.4, -0.2) is 91.1 Å². The number of imide groups is 1. The molecule has 3 atom stereocenters. The fraction of sp³-hybridized carbons (Fsp3) is 0.426. The summed E-state index contributed by atoms with van der Waals surface area (Å²) in [6.45, 7) is 8.79. The van der Waals surface area contributed by atoms with Crippen molar-refractivity contribution in [3.8, 4) is 11.5 Å². The summed E-state index contributed by atoms with van der Waals surface area (Å²) in [7, 11) is 0. The molecule has 57 heavy (non-hydrogen) atoms. The summed E-state index contributed by atoms with van der Waals surface area (Å²) >= 11 is 0. The summed E-state index contributed by atoms with van der Waals surface area (Å²) in [6, 6.07) is 30.9. The molecule has 1 spiro atoms. The van der Waals surface area contributed by atoms with Gasteiger partial charge in [-0.05, 0) is 96.5 Å². The standard InChI is InChI=1S/C47H51N5O5/c53-37-11-13-39-42(25-37)57-28-40(32-4-2-1-3-5-32)44(39)33-6-8-35(9-7-33)50-20-16-31(17-21-50)26-49-29-47(30-49)18-22-51(23-19-47)36-10-12-38-34(24-36)27-52(46(38)56)41-14-15-43(54)48-45(41)55/h1-13,24-25,31,40-41,44,53H,14-23,26-30H2,(H,48,54,55)/t40-,41?,44-/m1/s1. The first-order chi connectivity index (χ1) is 27.8. The van der Waals surface area contributed by atoms with Crippen LogP contribution >= 0.6 is 0 Å². The highest BCUT2D eigenvalue weighted by Crippen LogP contribution is 2.47. The average molecular weight is 766 g/mol. The van der Waals surface area contributed by atoms with Gasteiger partial charge in [0.1, 0.15) is 17.5 Å². The van der Waals surface area contributed by atoms with E-state index in [-0.39, 0.29) is 41.7 Å². The van der Waals surface area contributed by atoms with Crippen LogP contribution in [0, 0.1) is 11.3 Å². The molecule has 0 saturated carbocycles. The smallest absolute Gasteiger partial charge is 0.255 e. The molecule has 6 heterocycles. The Labute approximate surface area is 334 Å². The normalized spacial score (nSPS) is 24.8. The van der Waals surface area contributed by atoms with E-state index in [1.807, 2.05) is 12.1 Å². The van der Waals surface area contributed by atoms with Crippen LogP contribution in [0.25, 0.3) is 0 Å². The molecule has 4 aromatic rings. The molecule has 3 amide bonds. The minimum absolute atomic E-state index is 0.114. The second-order valence-electron chi connectivity index (χ2n) is 17.4. The Morgan fingerprint density at radius 3 is 2.26 bits per heavy atom. The lowest BCUT2D eigenvalue weighted by atomic mass is 9.71. The largest absolute Gasteiger partial charge is 0.508 e. The zero-order valence-electron chi connectivity index (χ0n) is 32.4. The van der Waals surface area contributed by atoms with Crippen molar-refractivity contribution in [2.24, 2.45) is 11.3 Å². The Morgan fingerprint density at radius 2 is 1.51 bits per heavy atom. The van der Waals surface area contributed by atoms with Crippen molar-refractivity contribution < 1.29 is 24.2 Å². The second kappa shape index (κ2) is 14.5. The van der Waals surface area contributed by atoms with Gasteiger partial charge in [-0.25, -0.2) is 0 Å². The number of amides is 3. The molecule has 10 rings (SSSR count). The number of aromatic hydroxyl groups is 1. The maximum Gasteiger partial charge on any atom is 0.255 e. The lowest BCUT2D eigenvalue weighted by Gasteiger charge is -2.55. The van der Waals surface area contributed by atoms with Gasteiger partial charge in [0.25, 0.3) is 5.91 Å². The summed E-state index contributed by atoms with van der Waals surface area (Å²) in [4.78, 5) is 46.6. The highest BCUT2D eigenvalue weighted by molar-refractivity contribution is 6.05. The fourth-order valence-corrected chi connectivity index (χ4v) is 10.8. The van der Waals surface area contributed by atoms with Crippen LogP contribution in [0.3, 0.4) is 0 Å². The van der Waals surface area contributed by atoms with Gasteiger partial charge < -0.3 is 29.4 Å². The van der Waals surface area contributed by atoms with Gasteiger partial charge in [-0.3, -0.25) is 19.7 Å². The predicted molar refractivity (Wildman–Crippen MR) is 219 cm³/mol. The van der Waals surface area contributed by atoms with E-state index >= 15 is 0 Å². The maximum atomic E-state index is 13.2. The number of ether oxygens (including phenoxy) is 1. The minimum atomic E-state index is -0.581. The zero-order valence-corrected chi connectivity index (χ0v) is 32.4. The van der Waals surface area contributed by atoms with E-state index in [0.29, 0.717) is 30.6 Å². The number of phenols is 1. The number of hydrogen-bond donors (Lipinski definition) is 2. The first-order valence-corrected chi connectivity index (χ1v) is 20.9. The molecule has 6 aliphatic heterocycles. The van der Waals surface area contributed by atoms with E-state index in [1.54, 1.807) is 17.0 Å². The molecule has 6 aliphatic rings. The van der Waals surface area contributed by atoms with Crippen molar-refractivity contribution in [2.75, 3.05) is 62.2 Å². The summed E-state index contributed by atoms with van der Waals surface area (Å²) in [6.07, 6.45) is 5.45. The number of carbonyl (C=O) groups is 3. The average Bonchev–Trinajstić information content (AvgIpc) is 3.55. The lowest BCUT2D eigenvalue weighted by molar-refractivity contribution is -0.136. The van der Waals surface area contributed by atoms with Gasteiger partial charge in [-0.1, -0.05) is 48.5 Å². The van der Waals surface area contributed by atoms with E-state index < -0.39 is 6.04 Å². The van der Waals surface area contributed by atoms with Crippen molar-refractivity contribution in [1.82, 2.24) is 15.1 Å². The molecular weight excluding hydrogens is 715 g/mol. The van der Waals surface area contributed by atoms with Gasteiger partial charge in [0.05, 0.1) is 6.61 Å². The molecule has 10 nitrogen and oxygen atoms in total. The molecule has 4 aromatic carbocycles. The van der Waals surface area contributed by atoms with Crippen molar-refractivity contribution in [1.29, 1.82) is 0 Å². The number of hydrogen-bond acceptors (Lipinski definition) is 8. The van der Waals surface area contributed by atoms with Crippen LogP contribution in [-0.2, 0) is 16.1 Å². The van der Waals surface area contributed by atoms with Gasteiger partial charge >= 0.3 is 0 Å². The Bertz CT molecular complexity index is 2170. The number of benzene rings is 4. The third-order valence-electron chi connectivity index (χ3n) is 13.9. The first kappa shape index (κ1) is 36.0. The highest BCUT2D eigenvalue weighted by Gasteiger charge is 2.46. The quantitative estimate of drug-likeness (QED) is 0.212. The molecule has 0 aromatic heterocycles. The summed E-state index contributed by atoms with van der Waals surface area (Å²) < 4.78 is 6.18. The third kappa shape index (κ3) is 6.81. The molecule has 0 aliphatic carbocycles. The van der Waals surface area contributed by atoms with Gasteiger partial charge in [-0.2, -0.15) is 0 Å². The number of likely N-dealkylation sites (tertiary alicyclic amines) is 1. The molecule has 4 fully saturated rings. The number of carbonyl (C=O) groups excluding carboxylic acids is 3. The number of anilines is 2. The van der Waals surface area contributed by atoms with Crippen molar-refractivity contribution in [3.63, 3.8) is 0 Å². The van der Waals surface area contributed by atoms with Gasteiger partial charge in [0.15, 0.2) is 0 Å². The van der Waals surface area contributed by atoms with Crippen LogP contribution in [0.1, 0.15) is 83.0 Å². The summed E-state index contributed by atoms with van der Waals surface area (Å²) in [5.41, 5.74) is 8.18. The number of fused-ring (bicyclic) bond motifs is 2. The zero-order chi connectivity index (χ0) is 38.7. The Kier molecular flexibility index (Phi) is 9.19. The SMILES string of the molecule is O=C1CCC(N2Cc3cc(N4CCC5(CC4)CN(CC4CCN(c6ccc([C@@H]7c8ccc(O)cc8OC[C@@H]7c7ccccc7)cc6)CC4)C5)ccc3C2=O)C(=O)N1. The highest BCUT2D eigenvalue weighted by atomic mass is 16.5. The molecule has 1 unspecified atom stereocenters. The third-order valence-corrected chi connectivity index (χ3v) is 13.9. The van der Waals surface area contributed by atoms with E-state index in [9.17, 15) is 19.5 Å². The number of phenolic OH excluding ortho intramolecular Hbond substituents is 1. The lowest BCUT2D eigenvalue weighted by Crippen LogP contribution is -2.61. The van der Waals surface area contributed by atoms with Crippen LogP contribution in [0.2, 0.25) is 0 Å². The Hall–Kier alpha value is -5.35. The van der Waals surface area contributed by atoms with Crippen LogP contribution < -0.4 is 19.9 Å². The van der Waals surface area contributed by atoms with Crippen molar-refractivity contribution >= 4 is 29.1 Å². The minimum Gasteiger partial charge on any atom is -0.508 e. The first-order valence-electron chi connectivity index (χ1n) is 20.9. The van der Waals surface area contributed by atoms with E-state index in [4.69, 9.17) is 4.74 Å². The molecule has 0 bridgehead atoms. The molecule has 0 radical (unpaired) electrons. The maximum absolute atomic E-state index is 13.2.